The van der Waals surface area contributed by atoms with Crippen molar-refractivity contribution in [2.45, 2.75) is 39.2 Å². The van der Waals surface area contributed by atoms with Crippen molar-refractivity contribution in [3.63, 3.8) is 0 Å². The van der Waals surface area contributed by atoms with Crippen molar-refractivity contribution in [1.82, 2.24) is 4.90 Å². The molecule has 2 nitrogen and oxygen atoms in total. The number of likely N-dealkylation sites (tertiary alicyclic amines) is 1. The summed E-state index contributed by atoms with van der Waals surface area (Å²) in [4.78, 5) is 2.50. The molecule has 1 aromatic rings. The maximum atomic E-state index is 9.88. The van der Waals surface area contributed by atoms with Crippen LogP contribution >= 0.6 is 0 Å². The summed E-state index contributed by atoms with van der Waals surface area (Å²) in [5.41, 5.74) is 1.40. The van der Waals surface area contributed by atoms with Crippen molar-refractivity contribution >= 4 is 0 Å². The minimum atomic E-state index is 0.0594. The Labute approximate surface area is 111 Å². The molecule has 2 rings (SSSR count). The minimum absolute atomic E-state index is 0.0594. The van der Waals surface area contributed by atoms with E-state index in [0.29, 0.717) is 12.6 Å². The Hall–Kier alpha value is -0.860. The predicted molar refractivity (Wildman–Crippen MR) is 75.6 cm³/mol. The fraction of sp³-hybridized carbons (Fsp3) is 0.625. The number of benzene rings is 1. The first-order valence-electron chi connectivity index (χ1n) is 7.04. The third-order valence-corrected chi connectivity index (χ3v) is 4.18. The summed E-state index contributed by atoms with van der Waals surface area (Å²) in [6, 6.07) is 11.1. The Balaban J connectivity index is 2.10. The third kappa shape index (κ3) is 3.12. The molecule has 1 heterocycles. The smallest absolute Gasteiger partial charge is 0.0502 e. The van der Waals surface area contributed by atoms with Crippen LogP contribution in [0.1, 0.15) is 32.3 Å². The fourth-order valence-corrected chi connectivity index (χ4v) is 3.04. The van der Waals surface area contributed by atoms with Gasteiger partial charge >= 0.3 is 0 Å². The molecule has 0 radical (unpaired) electrons. The highest BCUT2D eigenvalue weighted by atomic mass is 16.3. The molecule has 1 atom stereocenters. The van der Waals surface area contributed by atoms with Crippen LogP contribution in [0.25, 0.3) is 0 Å². The molecule has 0 saturated carbocycles. The van der Waals surface area contributed by atoms with E-state index < -0.39 is 0 Å². The van der Waals surface area contributed by atoms with Crippen molar-refractivity contribution in [3.8, 4) is 0 Å². The lowest BCUT2D eigenvalue weighted by Crippen LogP contribution is -2.49. The van der Waals surface area contributed by atoms with Crippen LogP contribution in [0, 0.1) is 5.41 Å². The van der Waals surface area contributed by atoms with Gasteiger partial charge in [-0.05, 0) is 45.2 Å². The molecule has 1 aromatic carbocycles. The first kappa shape index (κ1) is 13.6. The van der Waals surface area contributed by atoms with E-state index in [1.54, 1.807) is 0 Å². The molecular formula is C16H25NO. The molecule has 1 N–H and O–H groups in total. The maximum Gasteiger partial charge on any atom is 0.0502 e. The highest BCUT2D eigenvalue weighted by Gasteiger charge is 2.35. The molecule has 18 heavy (non-hydrogen) atoms. The molecule has 0 amide bonds. The largest absolute Gasteiger partial charge is 0.396 e. The highest BCUT2D eigenvalue weighted by molar-refractivity contribution is 5.17. The number of rotatable bonds is 4. The van der Waals surface area contributed by atoms with Gasteiger partial charge in [0, 0.05) is 18.0 Å². The normalized spacial score (nSPS) is 25.6. The van der Waals surface area contributed by atoms with Gasteiger partial charge in [-0.15, -0.1) is 0 Å². The average molecular weight is 247 g/mol. The maximum absolute atomic E-state index is 9.88. The van der Waals surface area contributed by atoms with Crippen LogP contribution in [0.2, 0.25) is 0 Å². The van der Waals surface area contributed by atoms with E-state index in [9.17, 15) is 5.11 Å². The van der Waals surface area contributed by atoms with Gasteiger partial charge in [0.2, 0.25) is 0 Å². The summed E-state index contributed by atoms with van der Waals surface area (Å²) in [5.74, 6) is 0. The van der Waals surface area contributed by atoms with Crippen LogP contribution in [0.3, 0.4) is 0 Å². The molecule has 1 unspecified atom stereocenters. The molecule has 0 aromatic heterocycles. The number of hydrogen-bond donors (Lipinski definition) is 1. The molecule has 2 heteroatoms. The van der Waals surface area contributed by atoms with Crippen molar-refractivity contribution in [2.24, 2.45) is 5.41 Å². The summed E-state index contributed by atoms with van der Waals surface area (Å²) in [7, 11) is 0. The zero-order valence-electron chi connectivity index (χ0n) is 11.6. The molecule has 100 valence electrons. The third-order valence-electron chi connectivity index (χ3n) is 4.18. The van der Waals surface area contributed by atoms with Gasteiger partial charge in [-0.3, -0.25) is 0 Å². The number of nitrogens with zero attached hydrogens (tertiary/aromatic N) is 1. The Kier molecular flexibility index (Phi) is 4.41. The first-order valence-corrected chi connectivity index (χ1v) is 7.04. The first-order chi connectivity index (χ1) is 8.65. The minimum Gasteiger partial charge on any atom is -0.396 e. The van der Waals surface area contributed by atoms with Gasteiger partial charge in [-0.25, -0.2) is 0 Å². The van der Waals surface area contributed by atoms with Crippen molar-refractivity contribution in [1.29, 1.82) is 0 Å². The number of aliphatic hydroxyl groups excluding tert-OH is 1. The van der Waals surface area contributed by atoms with Crippen molar-refractivity contribution in [3.05, 3.63) is 35.9 Å². The lowest BCUT2D eigenvalue weighted by Gasteiger charge is -2.43. The van der Waals surface area contributed by atoms with Crippen LogP contribution in [0.15, 0.2) is 30.3 Å². The van der Waals surface area contributed by atoms with Gasteiger partial charge in [-0.1, -0.05) is 30.3 Å². The fourth-order valence-electron chi connectivity index (χ4n) is 3.04. The van der Waals surface area contributed by atoms with Crippen LogP contribution in [0.4, 0.5) is 0 Å². The molecule has 1 aliphatic heterocycles. The quantitative estimate of drug-likeness (QED) is 0.884. The lowest BCUT2D eigenvalue weighted by molar-refractivity contribution is 0.0190. The summed E-state index contributed by atoms with van der Waals surface area (Å²) < 4.78 is 0. The van der Waals surface area contributed by atoms with E-state index in [1.165, 1.54) is 18.5 Å². The molecule has 1 aliphatic rings. The molecule has 1 saturated heterocycles. The van der Waals surface area contributed by atoms with E-state index in [-0.39, 0.29) is 5.41 Å². The van der Waals surface area contributed by atoms with E-state index in [2.05, 4.69) is 49.1 Å². The van der Waals surface area contributed by atoms with E-state index in [0.717, 1.165) is 19.4 Å². The molecular weight excluding hydrogens is 222 g/mol. The van der Waals surface area contributed by atoms with Crippen LogP contribution in [0.5, 0.6) is 0 Å². The second-order valence-corrected chi connectivity index (χ2v) is 5.99. The monoisotopic (exact) mass is 247 g/mol. The van der Waals surface area contributed by atoms with Gasteiger partial charge in [-0.2, -0.15) is 0 Å². The van der Waals surface area contributed by atoms with Gasteiger partial charge in [0.1, 0.15) is 0 Å². The van der Waals surface area contributed by atoms with Crippen LogP contribution < -0.4 is 0 Å². The second-order valence-electron chi connectivity index (χ2n) is 5.99. The highest BCUT2D eigenvalue weighted by Crippen LogP contribution is 2.34. The van der Waals surface area contributed by atoms with E-state index in [4.69, 9.17) is 0 Å². The van der Waals surface area contributed by atoms with Crippen molar-refractivity contribution < 1.29 is 5.11 Å². The molecule has 0 bridgehead atoms. The molecule has 0 aliphatic carbocycles. The van der Waals surface area contributed by atoms with Gasteiger partial charge in [0.15, 0.2) is 0 Å². The average Bonchev–Trinajstić information content (AvgIpc) is 2.40. The van der Waals surface area contributed by atoms with Crippen LogP contribution in [-0.4, -0.2) is 35.7 Å². The number of hydrogen-bond acceptors (Lipinski definition) is 2. The summed E-state index contributed by atoms with van der Waals surface area (Å²) in [6.45, 7) is 6.99. The number of aliphatic hydroxyl groups is 1. The molecule has 1 fully saturated rings. The zero-order chi connectivity index (χ0) is 13.0. The molecule has 0 spiro atoms. The van der Waals surface area contributed by atoms with Crippen LogP contribution in [-0.2, 0) is 6.42 Å². The lowest BCUT2D eigenvalue weighted by atomic mass is 9.75. The Morgan fingerprint density at radius 2 is 2.00 bits per heavy atom. The van der Waals surface area contributed by atoms with E-state index >= 15 is 0 Å². The topological polar surface area (TPSA) is 23.5 Å². The predicted octanol–water partition coefficient (Wildman–Crippen LogP) is 2.71. The van der Waals surface area contributed by atoms with E-state index in [1.807, 2.05) is 0 Å². The van der Waals surface area contributed by atoms with Gasteiger partial charge in [0.05, 0.1) is 6.61 Å². The number of piperidine rings is 1. The Bertz CT molecular complexity index is 363. The SMILES string of the molecule is CC(C)N1CCCC(CO)(Cc2ccccc2)C1. The van der Waals surface area contributed by atoms with Gasteiger partial charge < -0.3 is 10.0 Å². The summed E-state index contributed by atoms with van der Waals surface area (Å²) in [5, 5.41) is 9.88. The zero-order valence-corrected chi connectivity index (χ0v) is 11.6. The Morgan fingerprint density at radius 3 is 2.61 bits per heavy atom. The standard InChI is InChI=1S/C16H25NO/c1-14(2)17-10-6-9-16(12-17,13-18)11-15-7-4-3-5-8-15/h3-5,7-8,14,18H,6,9-13H2,1-2H3. The summed E-state index contributed by atoms with van der Waals surface area (Å²) in [6.07, 6.45) is 3.33. The summed E-state index contributed by atoms with van der Waals surface area (Å²) >= 11 is 0. The second kappa shape index (κ2) is 5.85. The van der Waals surface area contributed by atoms with Crippen molar-refractivity contribution in [2.75, 3.05) is 19.7 Å². The van der Waals surface area contributed by atoms with Gasteiger partial charge in [0.25, 0.3) is 0 Å². The Morgan fingerprint density at radius 1 is 1.28 bits per heavy atom.